The number of nitrogens with one attached hydrogen (secondary N) is 1. The summed E-state index contributed by atoms with van der Waals surface area (Å²) in [5.74, 6) is -0.241. The van der Waals surface area contributed by atoms with Gasteiger partial charge in [0.2, 0.25) is 3.79 Å². The Morgan fingerprint density at radius 1 is 0.963 bits per heavy atom. The Bertz CT molecular complexity index is 772. The topological polar surface area (TPSA) is 35.6 Å². The zero-order chi connectivity index (χ0) is 19.4. The van der Waals surface area contributed by atoms with E-state index < -0.39 is 9.96 Å². The lowest BCUT2D eigenvalue weighted by Gasteiger charge is -2.42. The van der Waals surface area contributed by atoms with Crippen molar-refractivity contribution in [2.24, 2.45) is 0 Å². The highest BCUT2D eigenvalue weighted by atomic mass is 35.6. The maximum absolute atomic E-state index is 12.7. The summed E-state index contributed by atoms with van der Waals surface area (Å²) in [7, 11) is 0. The van der Waals surface area contributed by atoms with E-state index in [4.69, 9.17) is 34.8 Å². The minimum Gasteiger partial charge on any atom is -0.369 e. The van der Waals surface area contributed by atoms with Crippen molar-refractivity contribution < 1.29 is 4.79 Å². The number of carbonyl (C=O) groups is 1. The molecule has 27 heavy (non-hydrogen) atoms. The molecule has 0 saturated carbocycles. The summed E-state index contributed by atoms with van der Waals surface area (Å²) in [6, 6.07) is 17.6. The van der Waals surface area contributed by atoms with Crippen molar-refractivity contribution in [1.29, 1.82) is 0 Å². The van der Waals surface area contributed by atoms with E-state index in [1.165, 1.54) is 5.69 Å². The highest BCUT2D eigenvalue weighted by Gasteiger charge is 2.39. The first-order valence-electron chi connectivity index (χ1n) is 8.83. The second-order valence-electron chi connectivity index (χ2n) is 6.59. The van der Waals surface area contributed by atoms with Gasteiger partial charge in [0.05, 0.1) is 0 Å². The molecule has 0 spiro atoms. The highest BCUT2D eigenvalue weighted by Crippen LogP contribution is 2.33. The van der Waals surface area contributed by atoms with E-state index in [1.807, 2.05) is 48.2 Å². The number of hydrogen-bond donors (Lipinski definition) is 1. The van der Waals surface area contributed by atoms with Crippen LogP contribution in [0.25, 0.3) is 0 Å². The van der Waals surface area contributed by atoms with E-state index in [1.54, 1.807) is 6.07 Å². The standard InChI is InChI=1S/C20H22Cl3N3O/c1-15-7-5-6-10-17(15)18(27)24-19(20(21,22)23)26-13-11-25(12-14-26)16-8-3-2-4-9-16/h2-10,19H,11-14H2,1H3,(H,24,27)/t19-/m0/s1. The average Bonchev–Trinajstić information content (AvgIpc) is 2.66. The third kappa shape index (κ3) is 5.08. The van der Waals surface area contributed by atoms with E-state index in [9.17, 15) is 4.79 Å². The fourth-order valence-corrected chi connectivity index (χ4v) is 3.86. The summed E-state index contributed by atoms with van der Waals surface area (Å²) in [6.07, 6.45) is -0.701. The number of hydrogen-bond acceptors (Lipinski definition) is 3. The van der Waals surface area contributed by atoms with Crippen LogP contribution in [0.1, 0.15) is 15.9 Å². The Morgan fingerprint density at radius 2 is 1.56 bits per heavy atom. The van der Waals surface area contributed by atoms with E-state index >= 15 is 0 Å². The molecule has 1 saturated heterocycles. The molecular formula is C20H22Cl3N3O. The lowest BCUT2D eigenvalue weighted by Crippen LogP contribution is -2.60. The van der Waals surface area contributed by atoms with Gasteiger partial charge < -0.3 is 10.2 Å². The van der Waals surface area contributed by atoms with Crippen molar-refractivity contribution in [3.05, 3.63) is 65.7 Å². The van der Waals surface area contributed by atoms with Crippen LogP contribution in [0.3, 0.4) is 0 Å². The Labute approximate surface area is 175 Å². The van der Waals surface area contributed by atoms with Gasteiger partial charge in [-0.3, -0.25) is 9.69 Å². The van der Waals surface area contributed by atoms with Crippen molar-refractivity contribution in [2.75, 3.05) is 31.1 Å². The maximum atomic E-state index is 12.7. The summed E-state index contributed by atoms with van der Waals surface area (Å²) >= 11 is 18.7. The van der Waals surface area contributed by atoms with Gasteiger partial charge in [-0.2, -0.15) is 0 Å². The van der Waals surface area contributed by atoms with Gasteiger partial charge in [0.25, 0.3) is 5.91 Å². The fourth-order valence-electron chi connectivity index (χ4n) is 3.29. The molecule has 2 aromatic rings. The predicted octanol–water partition coefficient (Wildman–Crippen LogP) is 4.24. The third-order valence-corrected chi connectivity index (χ3v) is 5.39. The molecule has 1 heterocycles. The maximum Gasteiger partial charge on any atom is 0.252 e. The number of anilines is 1. The molecule has 7 heteroatoms. The molecule has 3 rings (SSSR count). The van der Waals surface area contributed by atoms with Crippen LogP contribution in [0.2, 0.25) is 0 Å². The van der Waals surface area contributed by atoms with Gasteiger partial charge in [-0.15, -0.1) is 0 Å². The minimum atomic E-state index is -1.63. The molecule has 1 aliphatic heterocycles. The molecule has 2 aromatic carbocycles. The fraction of sp³-hybridized carbons (Fsp3) is 0.350. The van der Waals surface area contributed by atoms with Crippen LogP contribution in [-0.4, -0.2) is 46.9 Å². The van der Waals surface area contributed by atoms with Crippen molar-refractivity contribution in [2.45, 2.75) is 16.9 Å². The summed E-state index contributed by atoms with van der Waals surface area (Å²) in [6.45, 7) is 4.84. The van der Waals surface area contributed by atoms with E-state index in [0.717, 1.165) is 18.7 Å². The molecule has 0 bridgehead atoms. The van der Waals surface area contributed by atoms with Crippen LogP contribution < -0.4 is 10.2 Å². The van der Waals surface area contributed by atoms with Gasteiger partial charge in [0.1, 0.15) is 6.17 Å². The number of alkyl halides is 3. The van der Waals surface area contributed by atoms with Crippen LogP contribution in [0.4, 0.5) is 5.69 Å². The van der Waals surface area contributed by atoms with Crippen LogP contribution >= 0.6 is 34.8 Å². The number of nitrogens with zero attached hydrogens (tertiary/aromatic N) is 2. The Hall–Kier alpha value is -1.46. The molecule has 1 amide bonds. The third-order valence-electron chi connectivity index (χ3n) is 4.77. The largest absolute Gasteiger partial charge is 0.369 e. The zero-order valence-corrected chi connectivity index (χ0v) is 17.3. The first-order valence-corrected chi connectivity index (χ1v) is 9.97. The summed E-state index contributed by atoms with van der Waals surface area (Å²) in [5.41, 5.74) is 2.64. The van der Waals surface area contributed by atoms with E-state index in [0.29, 0.717) is 18.7 Å². The number of halogens is 3. The molecule has 0 unspecified atom stereocenters. The number of benzene rings is 2. The van der Waals surface area contributed by atoms with Crippen LogP contribution in [0.15, 0.2) is 54.6 Å². The first-order chi connectivity index (χ1) is 12.9. The minimum absolute atomic E-state index is 0.241. The van der Waals surface area contributed by atoms with Crippen LogP contribution in [-0.2, 0) is 0 Å². The van der Waals surface area contributed by atoms with Gasteiger partial charge >= 0.3 is 0 Å². The van der Waals surface area contributed by atoms with Gasteiger partial charge in [-0.05, 0) is 30.7 Å². The molecule has 1 N–H and O–H groups in total. The molecule has 4 nitrogen and oxygen atoms in total. The summed E-state index contributed by atoms with van der Waals surface area (Å²) < 4.78 is -1.63. The normalized spacial score (nSPS) is 16.8. The van der Waals surface area contributed by atoms with E-state index in [2.05, 4.69) is 22.3 Å². The summed E-state index contributed by atoms with van der Waals surface area (Å²) in [4.78, 5) is 17.0. The van der Waals surface area contributed by atoms with Crippen LogP contribution in [0.5, 0.6) is 0 Å². The van der Waals surface area contributed by atoms with Crippen LogP contribution in [0, 0.1) is 6.92 Å². The summed E-state index contributed by atoms with van der Waals surface area (Å²) in [5, 5.41) is 2.91. The monoisotopic (exact) mass is 425 g/mol. The lowest BCUT2D eigenvalue weighted by atomic mass is 10.1. The molecule has 0 aromatic heterocycles. The zero-order valence-electron chi connectivity index (χ0n) is 15.0. The number of para-hydroxylation sites is 1. The van der Waals surface area contributed by atoms with E-state index in [-0.39, 0.29) is 5.91 Å². The first kappa shape index (κ1) is 20.3. The quantitative estimate of drug-likeness (QED) is 0.743. The number of amides is 1. The molecule has 1 fully saturated rings. The smallest absolute Gasteiger partial charge is 0.252 e. The highest BCUT2D eigenvalue weighted by molar-refractivity contribution is 6.68. The number of piperazine rings is 1. The molecular weight excluding hydrogens is 405 g/mol. The molecule has 0 radical (unpaired) electrons. The molecule has 0 aliphatic carbocycles. The molecule has 144 valence electrons. The van der Waals surface area contributed by atoms with Gasteiger partial charge in [0.15, 0.2) is 0 Å². The van der Waals surface area contributed by atoms with Crippen molar-refractivity contribution >= 4 is 46.4 Å². The molecule has 1 atom stereocenters. The van der Waals surface area contributed by atoms with Crippen molar-refractivity contribution in [3.8, 4) is 0 Å². The number of rotatable bonds is 4. The number of carbonyl (C=O) groups excluding carboxylic acids is 1. The molecule has 1 aliphatic rings. The predicted molar refractivity (Wildman–Crippen MR) is 113 cm³/mol. The number of aryl methyl sites for hydroxylation is 1. The van der Waals surface area contributed by atoms with Crippen molar-refractivity contribution in [1.82, 2.24) is 10.2 Å². The average molecular weight is 427 g/mol. The van der Waals surface area contributed by atoms with Gasteiger partial charge in [-0.1, -0.05) is 71.2 Å². The Morgan fingerprint density at radius 3 is 2.15 bits per heavy atom. The second-order valence-corrected chi connectivity index (χ2v) is 8.96. The SMILES string of the molecule is Cc1ccccc1C(=O)N[C@@H](N1CCN(c2ccccc2)CC1)C(Cl)(Cl)Cl. The lowest BCUT2D eigenvalue weighted by molar-refractivity contribution is 0.0840. The second kappa shape index (κ2) is 8.70. The Kier molecular flexibility index (Phi) is 6.53. The van der Waals surface area contributed by atoms with Gasteiger partial charge in [0, 0.05) is 37.4 Å². The van der Waals surface area contributed by atoms with Gasteiger partial charge in [-0.25, -0.2) is 0 Å². The Balaban J connectivity index is 1.69. The van der Waals surface area contributed by atoms with Crippen molar-refractivity contribution in [3.63, 3.8) is 0 Å².